The lowest BCUT2D eigenvalue weighted by atomic mass is 9.49. The number of imidazole rings is 1. The van der Waals surface area contributed by atoms with Gasteiger partial charge in [-0.05, 0) is 86.7 Å². The van der Waals surface area contributed by atoms with E-state index in [2.05, 4.69) is 10.3 Å². The molecule has 5 fully saturated rings. The van der Waals surface area contributed by atoms with Gasteiger partial charge in [-0.15, -0.1) is 0 Å². The van der Waals surface area contributed by atoms with Crippen LogP contribution in [-0.2, 0) is 9.59 Å². The lowest BCUT2D eigenvalue weighted by Crippen LogP contribution is -2.47. The summed E-state index contributed by atoms with van der Waals surface area (Å²) >= 11 is 0. The number of anilines is 1. The van der Waals surface area contributed by atoms with Crippen molar-refractivity contribution in [3.63, 3.8) is 0 Å². The highest BCUT2D eigenvalue weighted by Crippen LogP contribution is 2.61. The van der Waals surface area contributed by atoms with Crippen molar-refractivity contribution in [3.05, 3.63) is 30.1 Å². The standard InChI is InChI=1S/C25H30N4O4/c30-22(13-25-10-15-7-16(11-25)9-17(8-15)12-25)27-21-5-1-4-20-26-18(14-29(20)21)23(31)28-6-2-3-19(28)24(32)33/h1,4-5,14-17,19H,2-3,6-13H2,(H,27,30)(H,32,33)/t15?,16?,17?,19-,25?/m0/s1. The van der Waals surface area contributed by atoms with Crippen LogP contribution in [0.5, 0.6) is 0 Å². The summed E-state index contributed by atoms with van der Waals surface area (Å²) in [6.45, 7) is 0.415. The summed E-state index contributed by atoms with van der Waals surface area (Å²) in [6, 6.07) is 4.61. The van der Waals surface area contributed by atoms with E-state index in [1.165, 1.54) is 43.4 Å². The molecule has 1 aliphatic heterocycles. The lowest BCUT2D eigenvalue weighted by Gasteiger charge is -2.56. The number of nitrogens with one attached hydrogen (secondary N) is 1. The fourth-order valence-electron chi connectivity index (χ4n) is 7.66. The Bertz CT molecular complexity index is 1100. The number of hydrogen-bond acceptors (Lipinski definition) is 4. The van der Waals surface area contributed by atoms with E-state index in [0.29, 0.717) is 37.3 Å². The Morgan fingerprint density at radius 2 is 1.79 bits per heavy atom. The second-order valence-electron chi connectivity index (χ2n) is 10.9. The molecule has 2 aromatic heterocycles. The average molecular weight is 451 g/mol. The summed E-state index contributed by atoms with van der Waals surface area (Å²) in [5.41, 5.74) is 0.910. The Morgan fingerprint density at radius 3 is 2.45 bits per heavy atom. The van der Waals surface area contributed by atoms with Gasteiger partial charge >= 0.3 is 5.97 Å². The number of aromatic nitrogens is 2. The number of fused-ring (bicyclic) bond motifs is 1. The maximum atomic E-state index is 13.1. The van der Waals surface area contributed by atoms with Gasteiger partial charge in [-0.25, -0.2) is 9.78 Å². The van der Waals surface area contributed by atoms with Crippen molar-refractivity contribution in [1.82, 2.24) is 14.3 Å². The summed E-state index contributed by atoms with van der Waals surface area (Å²) < 4.78 is 1.72. The first kappa shape index (κ1) is 20.7. The van der Waals surface area contributed by atoms with Crippen LogP contribution in [0.1, 0.15) is 68.3 Å². The molecule has 5 aliphatic rings. The van der Waals surface area contributed by atoms with E-state index in [1.807, 2.05) is 12.1 Å². The number of aliphatic carboxylic acids is 1. The Morgan fingerprint density at radius 1 is 1.09 bits per heavy atom. The van der Waals surface area contributed by atoms with E-state index in [0.717, 1.165) is 17.8 Å². The number of likely N-dealkylation sites (tertiary alicyclic amines) is 1. The molecule has 2 aromatic rings. The monoisotopic (exact) mass is 450 g/mol. The zero-order chi connectivity index (χ0) is 22.7. The van der Waals surface area contributed by atoms with Crippen molar-refractivity contribution in [1.29, 1.82) is 0 Å². The fourth-order valence-corrected chi connectivity index (χ4v) is 7.66. The minimum absolute atomic E-state index is 0.0245. The normalized spacial score (nSPS) is 32.4. The molecule has 7 rings (SSSR count). The third-order valence-corrected chi connectivity index (χ3v) is 8.48. The number of nitrogens with zero attached hydrogens (tertiary/aromatic N) is 3. The molecule has 2 N–H and O–H groups in total. The van der Waals surface area contributed by atoms with E-state index < -0.39 is 12.0 Å². The molecule has 4 saturated carbocycles. The van der Waals surface area contributed by atoms with Crippen LogP contribution in [0.25, 0.3) is 5.65 Å². The van der Waals surface area contributed by atoms with Crippen LogP contribution >= 0.6 is 0 Å². The number of carboxylic acids is 1. The van der Waals surface area contributed by atoms with E-state index in [9.17, 15) is 19.5 Å². The molecule has 4 aliphatic carbocycles. The van der Waals surface area contributed by atoms with Gasteiger partial charge in [0, 0.05) is 19.2 Å². The van der Waals surface area contributed by atoms with Crippen LogP contribution in [0.2, 0.25) is 0 Å². The smallest absolute Gasteiger partial charge is 0.326 e. The topological polar surface area (TPSA) is 104 Å². The van der Waals surface area contributed by atoms with Crippen molar-refractivity contribution in [2.45, 2.75) is 63.8 Å². The predicted octanol–water partition coefficient (Wildman–Crippen LogP) is 3.57. The third-order valence-electron chi connectivity index (χ3n) is 8.48. The van der Waals surface area contributed by atoms with Crippen LogP contribution in [0, 0.1) is 23.2 Å². The maximum Gasteiger partial charge on any atom is 0.326 e. The van der Waals surface area contributed by atoms with Crippen molar-refractivity contribution in [2.24, 2.45) is 23.2 Å². The summed E-state index contributed by atoms with van der Waals surface area (Å²) in [4.78, 5) is 43.4. The van der Waals surface area contributed by atoms with Crippen LogP contribution in [0.4, 0.5) is 5.82 Å². The molecule has 3 heterocycles. The van der Waals surface area contributed by atoms with Crippen LogP contribution in [-0.4, -0.2) is 49.8 Å². The first-order valence-corrected chi connectivity index (χ1v) is 12.2. The second-order valence-corrected chi connectivity index (χ2v) is 10.9. The van der Waals surface area contributed by atoms with Gasteiger partial charge in [-0.1, -0.05) is 6.07 Å². The predicted molar refractivity (Wildman–Crippen MR) is 121 cm³/mol. The van der Waals surface area contributed by atoms with E-state index in [-0.39, 0.29) is 22.9 Å². The molecule has 8 heteroatoms. The molecular formula is C25H30N4O4. The summed E-state index contributed by atoms with van der Waals surface area (Å²) in [5.74, 6) is 1.65. The highest BCUT2D eigenvalue weighted by molar-refractivity contribution is 5.96. The number of carbonyl (C=O) groups excluding carboxylic acids is 2. The molecule has 0 aromatic carbocycles. The Labute approximate surface area is 192 Å². The Hall–Kier alpha value is -2.90. The van der Waals surface area contributed by atoms with Gasteiger partial charge in [0.2, 0.25) is 5.91 Å². The number of carboxylic acid groups (broad SMARTS) is 1. The first-order valence-electron chi connectivity index (χ1n) is 12.2. The molecule has 1 atom stereocenters. The zero-order valence-corrected chi connectivity index (χ0v) is 18.7. The molecule has 1 saturated heterocycles. The molecule has 0 unspecified atom stereocenters. The van der Waals surface area contributed by atoms with Gasteiger partial charge in [-0.2, -0.15) is 0 Å². The van der Waals surface area contributed by atoms with Gasteiger partial charge in [0.05, 0.1) is 0 Å². The van der Waals surface area contributed by atoms with Crippen LogP contribution in [0.15, 0.2) is 24.4 Å². The quantitative estimate of drug-likeness (QED) is 0.725. The number of rotatable bonds is 5. The second kappa shape index (κ2) is 7.57. The summed E-state index contributed by atoms with van der Waals surface area (Å²) in [6.07, 6.45) is 10.9. The fraction of sp³-hybridized carbons (Fsp3) is 0.600. The molecule has 0 spiro atoms. The van der Waals surface area contributed by atoms with Gasteiger partial charge in [0.1, 0.15) is 23.2 Å². The molecular weight excluding hydrogens is 420 g/mol. The molecule has 4 bridgehead atoms. The summed E-state index contributed by atoms with van der Waals surface area (Å²) in [5, 5.41) is 12.5. The highest BCUT2D eigenvalue weighted by Gasteiger charge is 2.51. The van der Waals surface area contributed by atoms with E-state index >= 15 is 0 Å². The van der Waals surface area contributed by atoms with Gasteiger partial charge in [0.25, 0.3) is 5.91 Å². The Balaban J connectivity index is 1.20. The molecule has 8 nitrogen and oxygen atoms in total. The zero-order valence-electron chi connectivity index (χ0n) is 18.7. The minimum Gasteiger partial charge on any atom is -0.480 e. The van der Waals surface area contributed by atoms with E-state index in [1.54, 1.807) is 16.7 Å². The van der Waals surface area contributed by atoms with Crippen molar-refractivity contribution >= 4 is 29.2 Å². The van der Waals surface area contributed by atoms with Gasteiger partial charge in [-0.3, -0.25) is 14.0 Å². The number of amides is 2. The molecule has 174 valence electrons. The van der Waals surface area contributed by atoms with Crippen molar-refractivity contribution in [2.75, 3.05) is 11.9 Å². The minimum atomic E-state index is -0.984. The van der Waals surface area contributed by atoms with Crippen LogP contribution < -0.4 is 5.32 Å². The molecule has 2 amide bonds. The van der Waals surface area contributed by atoms with Gasteiger partial charge < -0.3 is 15.3 Å². The van der Waals surface area contributed by atoms with Gasteiger partial charge in [0.15, 0.2) is 0 Å². The van der Waals surface area contributed by atoms with Crippen molar-refractivity contribution < 1.29 is 19.5 Å². The van der Waals surface area contributed by atoms with E-state index in [4.69, 9.17) is 0 Å². The SMILES string of the molecule is O=C(CC12CC3CC(CC(C3)C1)C2)Nc1cccc2nc(C(=O)N3CCC[C@H]3C(=O)O)cn12. The highest BCUT2D eigenvalue weighted by atomic mass is 16.4. The molecule has 0 radical (unpaired) electrons. The molecule has 33 heavy (non-hydrogen) atoms. The number of carbonyl (C=O) groups is 3. The lowest BCUT2D eigenvalue weighted by molar-refractivity contribution is -0.141. The van der Waals surface area contributed by atoms with Crippen molar-refractivity contribution in [3.8, 4) is 0 Å². The third kappa shape index (κ3) is 3.60. The Kier molecular flexibility index (Phi) is 4.74. The number of hydrogen-bond donors (Lipinski definition) is 2. The first-order chi connectivity index (χ1) is 15.9. The maximum absolute atomic E-state index is 13.1. The largest absolute Gasteiger partial charge is 0.480 e. The number of pyridine rings is 1. The van der Waals surface area contributed by atoms with Crippen LogP contribution in [0.3, 0.4) is 0 Å². The average Bonchev–Trinajstić information content (AvgIpc) is 3.40. The summed E-state index contributed by atoms with van der Waals surface area (Å²) in [7, 11) is 0.